The summed E-state index contributed by atoms with van der Waals surface area (Å²) in [4.78, 5) is 0. The number of benzene rings is 1. The molecule has 1 aromatic rings. The van der Waals surface area contributed by atoms with Gasteiger partial charge < -0.3 is 19.9 Å². The highest BCUT2D eigenvalue weighted by molar-refractivity contribution is 5.25. The van der Waals surface area contributed by atoms with Gasteiger partial charge in [-0.15, -0.1) is 0 Å². The molecule has 1 unspecified atom stereocenters. The second-order valence-electron chi connectivity index (χ2n) is 5.61. The van der Waals surface area contributed by atoms with E-state index in [0.29, 0.717) is 19.8 Å². The van der Waals surface area contributed by atoms with Crippen LogP contribution in [0, 0.1) is 0 Å². The molecule has 0 bridgehead atoms. The van der Waals surface area contributed by atoms with Crippen LogP contribution in [0.2, 0.25) is 0 Å². The van der Waals surface area contributed by atoms with Gasteiger partial charge in [-0.2, -0.15) is 0 Å². The summed E-state index contributed by atoms with van der Waals surface area (Å²) in [5.41, 5.74) is 0.651. The predicted octanol–water partition coefficient (Wildman–Crippen LogP) is 2.32. The summed E-state index contributed by atoms with van der Waals surface area (Å²) < 4.78 is 10.7. The zero-order valence-electron chi connectivity index (χ0n) is 13.5. The third-order valence-electron chi connectivity index (χ3n) is 3.47. The first-order valence-electron chi connectivity index (χ1n) is 7.65. The number of ether oxygens (including phenoxy) is 2. The molecule has 0 radical (unpaired) electrons. The maximum Gasteiger partial charge on any atom is 0.0693 e. The SMILES string of the molecule is COCCCOCCC(CO)(NC(C)C)c1ccccc1. The van der Waals surface area contributed by atoms with Crippen LogP contribution in [-0.4, -0.2) is 44.7 Å². The van der Waals surface area contributed by atoms with E-state index in [4.69, 9.17) is 9.47 Å². The molecule has 2 N–H and O–H groups in total. The standard InChI is InChI=1S/C17H29NO3/c1-15(2)18-17(14-19,16-8-5-4-6-9-16)10-13-21-12-7-11-20-3/h4-6,8-9,15,18-19H,7,10-14H2,1-3H3. The van der Waals surface area contributed by atoms with Crippen LogP contribution < -0.4 is 5.32 Å². The Bertz CT molecular complexity index is 370. The number of rotatable bonds is 11. The van der Waals surface area contributed by atoms with Crippen molar-refractivity contribution >= 4 is 0 Å². The van der Waals surface area contributed by atoms with Crippen molar-refractivity contribution in [1.29, 1.82) is 0 Å². The zero-order chi connectivity index (χ0) is 15.6. The van der Waals surface area contributed by atoms with E-state index in [1.165, 1.54) is 0 Å². The van der Waals surface area contributed by atoms with Crippen LogP contribution in [0.3, 0.4) is 0 Å². The number of hydrogen-bond donors (Lipinski definition) is 2. The number of methoxy groups -OCH3 is 1. The Morgan fingerprint density at radius 2 is 1.86 bits per heavy atom. The van der Waals surface area contributed by atoms with E-state index in [1.54, 1.807) is 7.11 Å². The van der Waals surface area contributed by atoms with E-state index in [-0.39, 0.29) is 12.6 Å². The van der Waals surface area contributed by atoms with Crippen LogP contribution in [0.4, 0.5) is 0 Å². The third kappa shape index (κ3) is 6.14. The van der Waals surface area contributed by atoms with Gasteiger partial charge in [-0.05, 0) is 32.3 Å². The van der Waals surface area contributed by atoms with Gasteiger partial charge in [0.1, 0.15) is 0 Å². The second kappa shape index (κ2) is 9.90. The quantitative estimate of drug-likeness (QED) is 0.615. The van der Waals surface area contributed by atoms with Crippen LogP contribution in [-0.2, 0) is 15.0 Å². The number of nitrogens with one attached hydrogen (secondary N) is 1. The zero-order valence-corrected chi connectivity index (χ0v) is 13.5. The van der Waals surface area contributed by atoms with Crippen LogP contribution in [0.15, 0.2) is 30.3 Å². The van der Waals surface area contributed by atoms with Gasteiger partial charge in [-0.25, -0.2) is 0 Å². The van der Waals surface area contributed by atoms with E-state index in [1.807, 2.05) is 18.2 Å². The van der Waals surface area contributed by atoms with Crippen molar-refractivity contribution in [2.75, 3.05) is 33.5 Å². The average molecular weight is 295 g/mol. The second-order valence-corrected chi connectivity index (χ2v) is 5.61. The predicted molar refractivity (Wildman–Crippen MR) is 85.4 cm³/mol. The molecule has 0 heterocycles. The van der Waals surface area contributed by atoms with Crippen LogP contribution in [0.25, 0.3) is 0 Å². The summed E-state index contributed by atoms with van der Waals surface area (Å²) in [6, 6.07) is 10.4. The van der Waals surface area contributed by atoms with E-state index in [0.717, 1.165) is 18.4 Å². The Kier molecular flexibility index (Phi) is 8.54. The van der Waals surface area contributed by atoms with Crippen molar-refractivity contribution in [3.63, 3.8) is 0 Å². The van der Waals surface area contributed by atoms with Gasteiger partial charge in [-0.1, -0.05) is 30.3 Å². The molecule has 120 valence electrons. The van der Waals surface area contributed by atoms with Crippen molar-refractivity contribution in [2.45, 2.75) is 38.3 Å². The van der Waals surface area contributed by atoms with Crippen molar-refractivity contribution in [1.82, 2.24) is 5.32 Å². The lowest BCUT2D eigenvalue weighted by Gasteiger charge is -2.35. The molecule has 0 aliphatic heterocycles. The Morgan fingerprint density at radius 3 is 2.43 bits per heavy atom. The van der Waals surface area contributed by atoms with Crippen molar-refractivity contribution < 1.29 is 14.6 Å². The summed E-state index contributed by atoms with van der Waals surface area (Å²) in [6.07, 6.45) is 1.63. The fourth-order valence-electron chi connectivity index (χ4n) is 2.48. The third-order valence-corrected chi connectivity index (χ3v) is 3.47. The van der Waals surface area contributed by atoms with Crippen LogP contribution >= 0.6 is 0 Å². The van der Waals surface area contributed by atoms with Crippen LogP contribution in [0.1, 0.15) is 32.3 Å². The van der Waals surface area contributed by atoms with Gasteiger partial charge in [0.05, 0.1) is 12.1 Å². The highest BCUT2D eigenvalue weighted by Crippen LogP contribution is 2.25. The van der Waals surface area contributed by atoms with Crippen molar-refractivity contribution in [3.8, 4) is 0 Å². The number of aliphatic hydroxyl groups is 1. The number of hydrogen-bond acceptors (Lipinski definition) is 4. The largest absolute Gasteiger partial charge is 0.394 e. The summed E-state index contributed by atoms with van der Waals surface area (Å²) in [7, 11) is 1.69. The smallest absolute Gasteiger partial charge is 0.0693 e. The maximum absolute atomic E-state index is 9.98. The van der Waals surface area contributed by atoms with Gasteiger partial charge in [0, 0.05) is 33.0 Å². The fraction of sp³-hybridized carbons (Fsp3) is 0.647. The maximum atomic E-state index is 9.98. The highest BCUT2D eigenvalue weighted by Gasteiger charge is 2.31. The Balaban J connectivity index is 2.64. The molecule has 4 nitrogen and oxygen atoms in total. The fourth-order valence-corrected chi connectivity index (χ4v) is 2.48. The molecule has 0 saturated heterocycles. The lowest BCUT2D eigenvalue weighted by Crippen LogP contribution is -2.49. The minimum atomic E-state index is -0.448. The van der Waals surface area contributed by atoms with Gasteiger partial charge in [-0.3, -0.25) is 0 Å². The first-order chi connectivity index (χ1) is 10.1. The highest BCUT2D eigenvalue weighted by atomic mass is 16.5. The minimum absolute atomic E-state index is 0.0522. The molecule has 1 aromatic carbocycles. The molecule has 0 saturated carbocycles. The molecule has 4 heteroatoms. The topological polar surface area (TPSA) is 50.7 Å². The summed E-state index contributed by atoms with van der Waals surface area (Å²) in [5.74, 6) is 0. The Hall–Kier alpha value is -0.940. The van der Waals surface area contributed by atoms with E-state index < -0.39 is 5.54 Å². The van der Waals surface area contributed by atoms with Gasteiger partial charge in [0.15, 0.2) is 0 Å². The lowest BCUT2D eigenvalue weighted by molar-refractivity contribution is 0.0637. The minimum Gasteiger partial charge on any atom is -0.394 e. The lowest BCUT2D eigenvalue weighted by atomic mass is 9.87. The summed E-state index contributed by atoms with van der Waals surface area (Å²) in [5, 5.41) is 13.5. The molecule has 0 aliphatic carbocycles. The molecule has 0 amide bonds. The molecule has 0 aliphatic rings. The molecule has 21 heavy (non-hydrogen) atoms. The first kappa shape index (κ1) is 18.1. The molecule has 0 spiro atoms. The first-order valence-corrected chi connectivity index (χ1v) is 7.65. The Labute approximate surface area is 128 Å². The van der Waals surface area contributed by atoms with E-state index in [9.17, 15) is 5.11 Å². The van der Waals surface area contributed by atoms with Gasteiger partial charge >= 0.3 is 0 Å². The van der Waals surface area contributed by atoms with Crippen molar-refractivity contribution in [2.24, 2.45) is 0 Å². The van der Waals surface area contributed by atoms with Crippen molar-refractivity contribution in [3.05, 3.63) is 35.9 Å². The van der Waals surface area contributed by atoms with Gasteiger partial charge in [0.2, 0.25) is 0 Å². The molecule has 1 rings (SSSR count). The normalized spacial score (nSPS) is 14.3. The number of aliphatic hydroxyl groups excluding tert-OH is 1. The summed E-state index contributed by atoms with van der Waals surface area (Å²) in [6.45, 7) is 6.25. The molecular weight excluding hydrogens is 266 g/mol. The molecule has 0 aromatic heterocycles. The molecule has 0 fully saturated rings. The average Bonchev–Trinajstić information content (AvgIpc) is 2.50. The van der Waals surface area contributed by atoms with Crippen LogP contribution in [0.5, 0.6) is 0 Å². The van der Waals surface area contributed by atoms with E-state index >= 15 is 0 Å². The summed E-state index contributed by atoms with van der Waals surface area (Å²) >= 11 is 0. The van der Waals surface area contributed by atoms with Gasteiger partial charge in [0.25, 0.3) is 0 Å². The molecular formula is C17H29NO3. The monoisotopic (exact) mass is 295 g/mol. The Morgan fingerprint density at radius 1 is 1.14 bits per heavy atom. The van der Waals surface area contributed by atoms with E-state index in [2.05, 4.69) is 31.3 Å². The molecule has 1 atom stereocenters.